The van der Waals surface area contributed by atoms with Crippen LogP contribution in [0.3, 0.4) is 0 Å². The van der Waals surface area contributed by atoms with Gasteiger partial charge in [0.15, 0.2) is 6.23 Å². The molecule has 35 heavy (non-hydrogen) atoms. The first kappa shape index (κ1) is 25.4. The zero-order valence-electron chi connectivity index (χ0n) is 19.7. The summed E-state index contributed by atoms with van der Waals surface area (Å²) in [6, 6.07) is 8.59. The van der Waals surface area contributed by atoms with Crippen LogP contribution in [-0.2, 0) is 20.7 Å². The normalized spacial score (nSPS) is 15.3. The Balaban J connectivity index is 1.60. The van der Waals surface area contributed by atoms with E-state index in [9.17, 15) is 23.6 Å². The molecule has 4 amide bonds. The summed E-state index contributed by atoms with van der Waals surface area (Å²) in [6.07, 6.45) is -0.952. The van der Waals surface area contributed by atoms with Crippen LogP contribution in [0.15, 0.2) is 42.6 Å². The van der Waals surface area contributed by atoms with E-state index in [1.165, 1.54) is 25.4 Å². The van der Waals surface area contributed by atoms with Crippen molar-refractivity contribution < 1.29 is 33.0 Å². The molecule has 0 unspecified atom stereocenters. The van der Waals surface area contributed by atoms with Gasteiger partial charge >= 0.3 is 12.2 Å². The molecule has 0 bridgehead atoms. The number of nitrogens with one attached hydrogen (secondary N) is 2. The van der Waals surface area contributed by atoms with E-state index < -0.39 is 41.6 Å². The van der Waals surface area contributed by atoms with Crippen molar-refractivity contribution in [2.24, 2.45) is 0 Å². The van der Waals surface area contributed by atoms with Crippen molar-refractivity contribution in [3.63, 3.8) is 0 Å². The Morgan fingerprint density at radius 3 is 2.60 bits per heavy atom. The number of ether oxygens (including phenoxy) is 2. The van der Waals surface area contributed by atoms with Crippen LogP contribution in [0.2, 0.25) is 0 Å². The third-order valence-electron chi connectivity index (χ3n) is 4.80. The maximum Gasteiger partial charge on any atom is 0.416 e. The Labute approximate surface area is 201 Å². The van der Waals surface area contributed by atoms with Crippen LogP contribution in [0, 0.1) is 5.82 Å². The predicted molar refractivity (Wildman–Crippen MR) is 122 cm³/mol. The Hall–Kier alpha value is -4.22. The third kappa shape index (κ3) is 6.65. The highest BCUT2D eigenvalue weighted by Gasteiger charge is 2.38. The number of hydrogen-bond acceptors (Lipinski definition) is 7. The Morgan fingerprint density at radius 2 is 1.97 bits per heavy atom. The number of pyridine rings is 1. The van der Waals surface area contributed by atoms with Crippen molar-refractivity contribution in [2.75, 3.05) is 18.5 Å². The zero-order valence-corrected chi connectivity index (χ0v) is 19.7. The van der Waals surface area contributed by atoms with Crippen molar-refractivity contribution in [1.29, 1.82) is 0 Å². The number of benzene rings is 1. The molecule has 1 aliphatic heterocycles. The first-order valence-electron chi connectivity index (χ1n) is 10.7. The second-order valence-electron chi connectivity index (χ2n) is 8.70. The molecule has 3 rings (SSSR count). The lowest BCUT2D eigenvalue weighted by Gasteiger charge is -2.27. The minimum atomic E-state index is -0.947. The van der Waals surface area contributed by atoms with E-state index in [1.54, 1.807) is 39.0 Å². The lowest BCUT2D eigenvalue weighted by atomic mass is 10.1. The highest BCUT2D eigenvalue weighted by Crippen LogP contribution is 2.25. The molecule has 1 aromatic heterocycles. The topological polar surface area (TPSA) is 130 Å². The number of carbonyl (C=O) groups is 4. The van der Waals surface area contributed by atoms with Gasteiger partial charge in [0.05, 0.1) is 24.2 Å². The van der Waals surface area contributed by atoms with Crippen LogP contribution in [0.5, 0.6) is 0 Å². The van der Waals surface area contributed by atoms with Crippen LogP contribution >= 0.6 is 0 Å². The minimum Gasteiger partial charge on any atom is -0.444 e. The molecule has 1 fully saturated rings. The summed E-state index contributed by atoms with van der Waals surface area (Å²) < 4.78 is 25.2. The van der Waals surface area contributed by atoms with Crippen molar-refractivity contribution in [3.8, 4) is 0 Å². The third-order valence-corrected chi connectivity index (χ3v) is 4.80. The van der Waals surface area contributed by atoms with Gasteiger partial charge in [0.1, 0.15) is 11.4 Å². The fourth-order valence-electron chi connectivity index (χ4n) is 3.07. The van der Waals surface area contributed by atoms with Crippen LogP contribution < -0.4 is 15.8 Å². The van der Waals surface area contributed by atoms with Crippen LogP contribution in [0.1, 0.15) is 36.8 Å². The van der Waals surface area contributed by atoms with Gasteiger partial charge in [0.2, 0.25) is 5.91 Å². The predicted octanol–water partition coefficient (Wildman–Crippen LogP) is 2.37. The van der Waals surface area contributed by atoms with E-state index >= 15 is 0 Å². The molecule has 1 aliphatic rings. The Morgan fingerprint density at radius 1 is 1.23 bits per heavy atom. The van der Waals surface area contributed by atoms with Gasteiger partial charge in [-0.2, -0.15) is 0 Å². The molecule has 11 nitrogen and oxygen atoms in total. The molecule has 186 valence electrons. The Bertz CT molecular complexity index is 1120. The van der Waals surface area contributed by atoms with Crippen molar-refractivity contribution in [1.82, 2.24) is 20.7 Å². The number of rotatable bonds is 5. The second kappa shape index (κ2) is 10.4. The average Bonchev–Trinajstić information content (AvgIpc) is 3.18. The molecule has 0 spiro atoms. The smallest absolute Gasteiger partial charge is 0.416 e. The molecule has 12 heteroatoms. The molecule has 0 aliphatic carbocycles. The van der Waals surface area contributed by atoms with E-state index in [2.05, 4.69) is 15.8 Å². The number of aromatic nitrogens is 1. The fourth-order valence-corrected chi connectivity index (χ4v) is 3.07. The number of likely N-dealkylation sites (N-methyl/N-ethyl adjacent to an activating group) is 1. The van der Waals surface area contributed by atoms with E-state index in [0.29, 0.717) is 5.69 Å². The number of halogens is 1. The van der Waals surface area contributed by atoms with E-state index in [0.717, 1.165) is 15.9 Å². The van der Waals surface area contributed by atoms with Gasteiger partial charge in [0.25, 0.3) is 5.91 Å². The maximum atomic E-state index is 14.7. The number of hydrazine groups is 1. The lowest BCUT2D eigenvalue weighted by Crippen LogP contribution is -2.43. The van der Waals surface area contributed by atoms with Crippen molar-refractivity contribution in [2.45, 2.75) is 39.0 Å². The highest BCUT2D eigenvalue weighted by atomic mass is 19.1. The molecule has 2 aromatic rings. The first-order chi connectivity index (χ1) is 16.4. The number of anilines is 1. The molecule has 0 radical (unpaired) electrons. The lowest BCUT2D eigenvalue weighted by molar-refractivity contribution is -0.121. The van der Waals surface area contributed by atoms with Crippen molar-refractivity contribution >= 4 is 29.7 Å². The van der Waals surface area contributed by atoms with Gasteiger partial charge in [-0.25, -0.2) is 14.0 Å². The van der Waals surface area contributed by atoms with Gasteiger partial charge < -0.3 is 9.47 Å². The molecule has 1 atom stereocenters. The van der Waals surface area contributed by atoms with Crippen molar-refractivity contribution in [3.05, 3.63) is 59.7 Å². The monoisotopic (exact) mass is 487 g/mol. The van der Waals surface area contributed by atoms with E-state index in [1.807, 2.05) is 0 Å². The van der Waals surface area contributed by atoms with Gasteiger partial charge in [-0.1, -0.05) is 6.07 Å². The molecule has 2 N–H and O–H groups in total. The Kier molecular flexibility index (Phi) is 7.52. The number of hydrogen-bond donors (Lipinski definition) is 2. The van der Waals surface area contributed by atoms with Gasteiger partial charge in [-0.05, 0) is 51.1 Å². The number of amides is 4. The summed E-state index contributed by atoms with van der Waals surface area (Å²) in [5.41, 5.74) is 3.89. The summed E-state index contributed by atoms with van der Waals surface area (Å²) in [6.45, 7) is 5.05. The number of nitrogens with zero attached hydrogens (tertiary/aromatic N) is 3. The first-order valence-corrected chi connectivity index (χ1v) is 10.7. The molecule has 1 aromatic carbocycles. The standard InChI is InChI=1S/C23H26FN5O6/c1-23(2,3)35-21(32)28(4)19-13-29(22(33)34-19)15-8-9-16(17(24)12-15)20(31)27-26-18(30)11-14-7-5-6-10-25-14/h5-10,12,19H,11,13H2,1-4H3,(H,26,30)(H,27,31)/t19-/m0/s1. The molecule has 1 saturated heterocycles. The average molecular weight is 487 g/mol. The van der Waals surface area contributed by atoms with Gasteiger partial charge in [-0.15, -0.1) is 0 Å². The molecular formula is C23H26FN5O6. The summed E-state index contributed by atoms with van der Waals surface area (Å²) in [4.78, 5) is 55.1. The number of carbonyl (C=O) groups excluding carboxylic acids is 4. The highest BCUT2D eigenvalue weighted by molar-refractivity contribution is 5.97. The van der Waals surface area contributed by atoms with E-state index in [4.69, 9.17) is 9.47 Å². The summed E-state index contributed by atoms with van der Waals surface area (Å²) in [7, 11) is 1.42. The van der Waals surface area contributed by atoms with Crippen LogP contribution in [-0.4, -0.2) is 59.3 Å². The summed E-state index contributed by atoms with van der Waals surface area (Å²) in [5.74, 6) is -2.33. The van der Waals surface area contributed by atoms with Crippen LogP contribution in [0.4, 0.5) is 19.7 Å². The summed E-state index contributed by atoms with van der Waals surface area (Å²) >= 11 is 0. The van der Waals surface area contributed by atoms with Gasteiger partial charge in [-0.3, -0.25) is 35.2 Å². The minimum absolute atomic E-state index is 0.0663. The molecular weight excluding hydrogens is 461 g/mol. The number of cyclic esters (lactones) is 1. The second-order valence-corrected chi connectivity index (χ2v) is 8.70. The maximum absolute atomic E-state index is 14.7. The van der Waals surface area contributed by atoms with E-state index in [-0.39, 0.29) is 24.2 Å². The molecule has 2 heterocycles. The largest absolute Gasteiger partial charge is 0.444 e. The summed E-state index contributed by atoms with van der Waals surface area (Å²) in [5, 5.41) is 0. The quantitative estimate of drug-likeness (QED) is 0.619. The molecule has 0 saturated carbocycles. The van der Waals surface area contributed by atoms with Crippen LogP contribution in [0.25, 0.3) is 0 Å². The zero-order chi connectivity index (χ0) is 25.8. The van der Waals surface area contributed by atoms with Gasteiger partial charge in [0, 0.05) is 18.9 Å². The SMILES string of the molecule is CN(C(=O)OC(C)(C)C)[C@@H]1CN(c2ccc(C(=O)NNC(=O)Cc3ccccn3)c(F)c2)C(=O)O1. The fraction of sp³-hybridized carbons (Fsp3) is 0.348.